The number of aromatic nitrogens is 2. The Morgan fingerprint density at radius 3 is 1.53 bits per heavy atom. The number of benzene rings is 6. The maximum atomic E-state index is 14.3. The fourth-order valence-corrected chi connectivity index (χ4v) is 12.1. The predicted octanol–water partition coefficient (Wildman–Crippen LogP) is 14.7. The van der Waals surface area contributed by atoms with Crippen LogP contribution in [0.1, 0.15) is 149 Å². The van der Waals surface area contributed by atoms with Crippen LogP contribution >= 0.6 is 0 Å². The minimum atomic E-state index is -4.40. The lowest BCUT2D eigenvalue weighted by Gasteiger charge is -2.29. The zero-order valence-corrected chi connectivity index (χ0v) is 62.8. The van der Waals surface area contributed by atoms with Crippen molar-refractivity contribution in [1.82, 2.24) is 41.9 Å². The molecule has 6 aromatic carbocycles. The second-order valence-electron chi connectivity index (χ2n) is 27.0. The molecule has 8 atom stereocenters. The van der Waals surface area contributed by atoms with Gasteiger partial charge >= 0.3 is 24.3 Å². The summed E-state index contributed by atoms with van der Waals surface area (Å²) in [6, 6.07) is 46.4. The van der Waals surface area contributed by atoms with Gasteiger partial charge in [-0.15, -0.1) is 0 Å². The van der Waals surface area contributed by atoms with Crippen LogP contribution in [0, 0.1) is 18.4 Å². The Bertz CT molecular complexity index is 4180. The summed E-state index contributed by atoms with van der Waals surface area (Å²) in [4.78, 5) is 114. The Hall–Kier alpha value is -10.7. The summed E-state index contributed by atoms with van der Waals surface area (Å²) in [6.07, 6.45) is 7.92. The Morgan fingerprint density at radius 2 is 1.06 bits per heavy atom. The van der Waals surface area contributed by atoms with Crippen molar-refractivity contribution in [3.63, 3.8) is 0 Å². The monoisotopic (exact) mass is 1490 g/mol. The molecule has 580 valence electrons. The number of hydrogen-bond acceptors (Lipinski definition) is 13. The molecule has 0 aliphatic heterocycles. The van der Waals surface area contributed by atoms with Gasteiger partial charge in [0, 0.05) is 99.0 Å². The summed E-state index contributed by atoms with van der Waals surface area (Å²) >= 11 is 0. The van der Waals surface area contributed by atoms with Gasteiger partial charge in [-0.3, -0.25) is 29.0 Å². The maximum absolute atomic E-state index is 14.3. The molecule has 3 unspecified atom stereocenters. The van der Waals surface area contributed by atoms with Crippen molar-refractivity contribution in [2.24, 2.45) is 11.8 Å². The summed E-state index contributed by atoms with van der Waals surface area (Å²) in [5.41, 5.74) is 10.1. The molecular weight excluding hydrogens is 1390 g/mol. The van der Waals surface area contributed by atoms with E-state index >= 15 is 0 Å². The molecule has 2 aliphatic carbocycles. The van der Waals surface area contributed by atoms with Crippen LogP contribution in [0.25, 0.3) is 26.7 Å². The number of Topliss-reactive ketones (excluding diaryl/α,β-unsaturated/α-hetero) is 1. The average molecular weight is 1490 g/mol. The number of aliphatic hydroxyl groups is 1. The molecule has 10 rings (SSSR count). The lowest BCUT2D eigenvalue weighted by Crippen LogP contribution is -2.52. The number of rotatable bonds is 27. The molecule has 108 heavy (non-hydrogen) atoms. The van der Waals surface area contributed by atoms with Crippen LogP contribution in [0.15, 0.2) is 170 Å². The van der Waals surface area contributed by atoms with E-state index in [1.54, 1.807) is 20.2 Å². The summed E-state index contributed by atoms with van der Waals surface area (Å²) in [7, 11) is 4.56. The molecule has 2 aliphatic rings. The number of ether oxygens (including phenoxy) is 3. The number of H-pyrrole nitrogens is 2. The number of methoxy groups -OCH3 is 1. The van der Waals surface area contributed by atoms with Crippen molar-refractivity contribution in [3.8, 4) is 0 Å². The first-order valence-corrected chi connectivity index (χ1v) is 36.1. The maximum Gasteiger partial charge on any atom is 0.411 e. The molecule has 5 amide bonds. The fraction of sp³-hybridized carbons (Fsp3) is 0.410. The van der Waals surface area contributed by atoms with Crippen LogP contribution in [0.5, 0.6) is 0 Å². The number of aromatic amines is 2. The molecule has 0 fully saturated rings. The van der Waals surface area contributed by atoms with E-state index in [0.29, 0.717) is 18.8 Å². The minimum absolute atomic E-state index is 0. The number of carbonyl (C=O) groups excluding carboxylic acids is 7. The highest BCUT2D eigenvalue weighted by atomic mass is 19.4. The van der Waals surface area contributed by atoms with Crippen molar-refractivity contribution >= 4 is 69.8 Å². The quantitative estimate of drug-likeness (QED) is 0.0175. The van der Waals surface area contributed by atoms with E-state index < -0.39 is 72.8 Å². The Balaban J connectivity index is 0.000000306. The molecule has 2 heterocycles. The molecule has 8 aromatic rings. The number of ketones is 1. The fourth-order valence-electron chi connectivity index (χ4n) is 12.1. The molecule has 0 radical (unpaired) electrons. The van der Waals surface area contributed by atoms with E-state index in [9.17, 15) is 56.6 Å². The highest BCUT2D eigenvalue weighted by molar-refractivity contribution is 5.95. The number of aldehydes is 1. The Labute approximate surface area is 630 Å². The molecule has 2 aromatic heterocycles. The second-order valence-corrected chi connectivity index (χ2v) is 27.0. The van der Waals surface area contributed by atoms with Crippen molar-refractivity contribution < 1.29 is 76.0 Å². The van der Waals surface area contributed by atoms with E-state index in [-0.39, 0.29) is 68.5 Å². The van der Waals surface area contributed by atoms with Gasteiger partial charge in [-0.2, -0.15) is 13.2 Å². The predicted molar refractivity (Wildman–Crippen MR) is 409 cm³/mol. The summed E-state index contributed by atoms with van der Waals surface area (Å²) in [5, 5.41) is 27.4. The van der Waals surface area contributed by atoms with E-state index in [1.165, 1.54) is 49.0 Å². The van der Waals surface area contributed by atoms with Crippen molar-refractivity contribution in [2.75, 3.05) is 27.8 Å². The third kappa shape index (κ3) is 28.2. The highest BCUT2D eigenvalue weighted by Gasteiger charge is 2.35. The summed E-state index contributed by atoms with van der Waals surface area (Å²) in [5.74, 6) is -2.62. The van der Waals surface area contributed by atoms with Gasteiger partial charge < -0.3 is 66.1 Å². The van der Waals surface area contributed by atoms with Gasteiger partial charge in [0.15, 0.2) is 5.78 Å². The van der Waals surface area contributed by atoms with Gasteiger partial charge in [0.2, 0.25) is 23.8 Å². The SMILES string of the molecule is CC(C)CCC=O.COC(C)CCC(CC(=O)[C@H](Cc1c[nH]c2ccccc12)NC(=O)[C@H](C)N(C)C(=O)OCc1ccccc1)C(=O)NC1CCCc2ccccc21.C[C@@H](C(=O)N[C@@H](Cc1c[nH]c2ccccc12)C(=O)O)N(C)C(=O)OCc1ccccc1.N.OCC(F)(F)F.[C-]#[N+][C@@H]1CCCc2ccccc21. The van der Waals surface area contributed by atoms with Gasteiger partial charge in [-0.05, 0) is 129 Å². The highest BCUT2D eigenvalue weighted by Crippen LogP contribution is 2.33. The first-order valence-electron chi connectivity index (χ1n) is 36.1. The summed E-state index contributed by atoms with van der Waals surface area (Å²) < 4.78 is 47.8. The van der Waals surface area contributed by atoms with Gasteiger partial charge in [-0.25, -0.2) is 21.0 Å². The number of nitrogens with zero attached hydrogens (tertiary/aromatic N) is 3. The number of carboxylic acid groups (broad SMARTS) is 1. The number of aliphatic hydroxyl groups excluding tert-OH is 1. The van der Waals surface area contributed by atoms with Crippen molar-refractivity contribution in [1.29, 1.82) is 0 Å². The number of para-hydroxylation sites is 2. The second kappa shape index (κ2) is 45.1. The van der Waals surface area contributed by atoms with Gasteiger partial charge in [0.25, 0.3) is 0 Å². The van der Waals surface area contributed by atoms with Gasteiger partial charge in [-0.1, -0.05) is 159 Å². The van der Waals surface area contributed by atoms with E-state index in [1.807, 2.05) is 141 Å². The lowest BCUT2D eigenvalue weighted by molar-refractivity contribution is -0.159. The Kier molecular flexibility index (Phi) is 36.7. The molecule has 22 nitrogen and oxygen atoms in total. The number of carboxylic acids is 1. The van der Waals surface area contributed by atoms with Crippen LogP contribution < -0.4 is 22.1 Å². The van der Waals surface area contributed by atoms with Gasteiger partial charge in [0.1, 0.15) is 44.2 Å². The summed E-state index contributed by atoms with van der Waals surface area (Å²) in [6.45, 7) is 14.8. The smallest absolute Gasteiger partial charge is 0.411 e. The van der Waals surface area contributed by atoms with Crippen LogP contribution in [0.4, 0.5) is 22.8 Å². The normalized spacial score (nSPS) is 15.0. The Morgan fingerprint density at radius 1 is 0.620 bits per heavy atom. The van der Waals surface area contributed by atoms with Crippen LogP contribution in [-0.2, 0) is 81.9 Å². The number of aliphatic carboxylic acids is 1. The largest absolute Gasteiger partial charge is 0.480 e. The average Bonchev–Trinajstić information content (AvgIpc) is 1.60. The zero-order chi connectivity index (χ0) is 78.0. The zero-order valence-electron chi connectivity index (χ0n) is 62.8. The topological polar surface area (TPSA) is 318 Å². The lowest BCUT2D eigenvalue weighted by atomic mass is 9.86. The number of likely N-dealkylation sites (N-methyl/N-ethyl adjacent to an activating group) is 2. The molecule has 0 spiro atoms. The number of fused-ring (bicyclic) bond motifs is 4. The molecule has 0 bridgehead atoms. The molecule has 0 saturated carbocycles. The van der Waals surface area contributed by atoms with Crippen LogP contribution in [0.3, 0.4) is 0 Å². The van der Waals surface area contributed by atoms with Crippen molar-refractivity contribution in [3.05, 3.63) is 226 Å². The van der Waals surface area contributed by atoms with Crippen LogP contribution in [0.2, 0.25) is 0 Å². The number of nitrogens with one attached hydrogen (secondary N) is 5. The number of hydrogen-bond donors (Lipinski definition) is 8. The molecule has 0 saturated heterocycles. The molecule has 25 heteroatoms. The van der Waals surface area contributed by atoms with E-state index in [2.05, 4.69) is 74.9 Å². The number of aryl methyl sites for hydroxylation is 2. The number of amides is 5. The molecular formula is C83H104F3N9O13. The standard InChI is InChI=1S/C41H50N4O6.C23H25N3O5.C11H11N.C6H12O.C2H3F3O.H3N/c1-27(50-4)21-22-31(40(48)43-36-20-12-16-30-15-8-9-17-33(30)36)24-38(46)37(23-32-25-42-35-19-11-10-18-34(32)35)44-39(47)28(2)45(3)41(49)51-26-29-13-6-5-7-14-29;1-15(26(2)23(30)31-14-16-8-4-3-5-9-16)21(27)25-20(22(28)29)12-17-13-24-19-11-7-6-10-18(17)19;1-12-11-8-4-6-9-5-2-3-7-10(9)11;1-6(2)4-3-5-7;3-2(4,5)1-6;/h5-11,13-15,17-19,25,27-28,31,36-37,42H,12,16,20-24,26H2,1-4H3,(H,43,48)(H,44,47);3-11,13,15,20,24H,12,14H2,1-2H3,(H,25,27)(H,28,29);2-3,5,7,11H,4,6,8H2;5-6H,3-4H2,1-2H3;6H,1H2;1H3/t27?,28-,31?,36?,37-;15-,20-;11-;;;/m001.../s1. The first kappa shape index (κ1) is 88.0. The molecule has 10 N–H and O–H groups in total. The third-order valence-corrected chi connectivity index (χ3v) is 18.8. The third-order valence-electron chi connectivity index (χ3n) is 18.8. The number of halogens is 3. The van der Waals surface area contributed by atoms with Crippen molar-refractivity contribution in [2.45, 2.75) is 180 Å². The van der Waals surface area contributed by atoms with Crippen LogP contribution in [-0.4, -0.2) is 142 Å². The minimum Gasteiger partial charge on any atom is -0.480 e. The van der Waals surface area contributed by atoms with E-state index in [0.717, 1.165) is 106 Å². The number of alkyl halides is 3. The van der Waals surface area contributed by atoms with E-state index in [4.69, 9.17) is 25.9 Å². The first-order chi connectivity index (χ1) is 51.2. The number of carbonyl (C=O) groups is 8. The van der Waals surface area contributed by atoms with Gasteiger partial charge in [0.05, 0.1) is 18.2 Å².